The molecule has 1 heterocycles. The summed E-state index contributed by atoms with van der Waals surface area (Å²) < 4.78 is 0. The van der Waals surface area contributed by atoms with Crippen LogP contribution in [0.25, 0.3) is 11.1 Å². The molecular weight excluding hydrogens is 296 g/mol. The average Bonchev–Trinajstić information content (AvgIpc) is 2.96. The summed E-state index contributed by atoms with van der Waals surface area (Å²) in [6.45, 7) is 0.726. The molecule has 0 radical (unpaired) electrons. The van der Waals surface area contributed by atoms with Gasteiger partial charge in [0.05, 0.1) is 12.1 Å². The lowest BCUT2D eigenvalue weighted by Gasteiger charge is -2.18. The lowest BCUT2D eigenvalue weighted by molar-refractivity contribution is 0.140. The average molecular weight is 316 g/mol. The Morgan fingerprint density at radius 3 is 2.75 bits per heavy atom. The Hall–Kier alpha value is -2.49. The molecule has 1 aliphatic carbocycles. The zero-order valence-electron chi connectivity index (χ0n) is 13.4. The first kappa shape index (κ1) is 15.1. The Bertz CT molecular complexity index is 832. The van der Waals surface area contributed by atoms with E-state index < -0.39 is 0 Å². The number of fused-ring (bicyclic) bond motifs is 1. The molecule has 2 aromatic carbocycles. The monoisotopic (exact) mass is 316 g/mol. The number of aliphatic hydroxyl groups is 1. The van der Waals surface area contributed by atoms with Gasteiger partial charge in [-0.1, -0.05) is 48.5 Å². The summed E-state index contributed by atoms with van der Waals surface area (Å²) in [5, 5.41) is 13.9. The molecule has 0 saturated heterocycles. The molecule has 1 aliphatic rings. The van der Waals surface area contributed by atoms with Crippen molar-refractivity contribution >= 4 is 0 Å². The van der Waals surface area contributed by atoms with Crippen molar-refractivity contribution in [1.82, 2.24) is 10.3 Å². The van der Waals surface area contributed by atoms with Crippen molar-refractivity contribution in [2.24, 2.45) is 0 Å². The van der Waals surface area contributed by atoms with Crippen LogP contribution in [-0.4, -0.2) is 16.2 Å². The molecule has 0 fully saturated rings. The third kappa shape index (κ3) is 2.96. The molecule has 4 rings (SSSR count). The normalized spacial score (nSPS) is 19.2. The van der Waals surface area contributed by atoms with E-state index in [4.69, 9.17) is 0 Å². The van der Waals surface area contributed by atoms with Gasteiger partial charge in [-0.25, -0.2) is 0 Å². The molecule has 0 bridgehead atoms. The number of aliphatic hydroxyl groups excluding tert-OH is 1. The van der Waals surface area contributed by atoms with E-state index in [1.54, 1.807) is 6.20 Å². The Labute approximate surface area is 142 Å². The van der Waals surface area contributed by atoms with Crippen LogP contribution in [0.5, 0.6) is 0 Å². The van der Waals surface area contributed by atoms with E-state index in [-0.39, 0.29) is 12.1 Å². The maximum absolute atomic E-state index is 10.4. The highest BCUT2D eigenvalue weighted by Crippen LogP contribution is 2.31. The number of hydrogen-bond donors (Lipinski definition) is 2. The van der Waals surface area contributed by atoms with Gasteiger partial charge in [-0.15, -0.1) is 0 Å². The number of benzene rings is 2. The molecule has 24 heavy (non-hydrogen) atoms. The molecule has 120 valence electrons. The number of rotatable bonds is 4. The second-order valence-corrected chi connectivity index (χ2v) is 6.27. The van der Waals surface area contributed by atoms with Gasteiger partial charge >= 0.3 is 0 Å². The second-order valence-electron chi connectivity index (χ2n) is 6.27. The molecule has 3 nitrogen and oxygen atoms in total. The minimum Gasteiger partial charge on any atom is -0.391 e. The quantitative estimate of drug-likeness (QED) is 0.774. The standard InChI is InChI=1S/C21H20N2O/c24-20-12-17-6-1-2-9-19(17)21(20)23-13-15-5-3-7-16(11-15)18-8-4-10-22-14-18/h1-11,14,20-21,23-24H,12-13H2/t20-,21+/m1/s1. The molecule has 0 amide bonds. The van der Waals surface area contributed by atoms with Crippen LogP contribution in [0.1, 0.15) is 22.7 Å². The fourth-order valence-corrected chi connectivity index (χ4v) is 3.44. The molecule has 3 heteroatoms. The van der Waals surface area contributed by atoms with Crippen molar-refractivity contribution in [2.75, 3.05) is 0 Å². The summed E-state index contributed by atoms with van der Waals surface area (Å²) in [4.78, 5) is 4.19. The fourth-order valence-electron chi connectivity index (χ4n) is 3.44. The van der Waals surface area contributed by atoms with Crippen molar-refractivity contribution in [3.63, 3.8) is 0 Å². The van der Waals surface area contributed by atoms with E-state index in [1.807, 2.05) is 24.4 Å². The Morgan fingerprint density at radius 2 is 1.88 bits per heavy atom. The minimum absolute atomic E-state index is 0.00301. The van der Waals surface area contributed by atoms with Gasteiger partial charge in [-0.2, -0.15) is 0 Å². The summed E-state index contributed by atoms with van der Waals surface area (Å²) >= 11 is 0. The predicted molar refractivity (Wildman–Crippen MR) is 95.4 cm³/mol. The van der Waals surface area contributed by atoms with Crippen LogP contribution in [0.4, 0.5) is 0 Å². The molecule has 3 aromatic rings. The van der Waals surface area contributed by atoms with Crippen LogP contribution in [0.15, 0.2) is 73.1 Å². The zero-order valence-corrected chi connectivity index (χ0v) is 13.4. The van der Waals surface area contributed by atoms with Crippen LogP contribution >= 0.6 is 0 Å². The van der Waals surface area contributed by atoms with Crippen molar-refractivity contribution in [3.05, 3.63) is 89.7 Å². The lowest BCUT2D eigenvalue weighted by atomic mass is 10.0. The summed E-state index contributed by atoms with van der Waals surface area (Å²) in [5.74, 6) is 0. The molecule has 0 spiro atoms. The molecule has 0 unspecified atom stereocenters. The Kier molecular flexibility index (Phi) is 4.11. The summed E-state index contributed by atoms with van der Waals surface area (Å²) in [7, 11) is 0. The molecule has 0 saturated carbocycles. The van der Waals surface area contributed by atoms with Gasteiger partial charge in [-0.05, 0) is 39.9 Å². The molecule has 2 atom stereocenters. The van der Waals surface area contributed by atoms with Crippen molar-refractivity contribution < 1.29 is 5.11 Å². The first-order chi connectivity index (χ1) is 11.8. The van der Waals surface area contributed by atoms with E-state index in [1.165, 1.54) is 16.7 Å². The van der Waals surface area contributed by atoms with Gasteiger partial charge in [0, 0.05) is 25.4 Å². The van der Waals surface area contributed by atoms with Gasteiger partial charge in [0.2, 0.25) is 0 Å². The topological polar surface area (TPSA) is 45.1 Å². The predicted octanol–water partition coefficient (Wildman–Crippen LogP) is 3.50. The van der Waals surface area contributed by atoms with Crippen LogP contribution in [-0.2, 0) is 13.0 Å². The van der Waals surface area contributed by atoms with Gasteiger partial charge < -0.3 is 10.4 Å². The Morgan fingerprint density at radius 1 is 1.00 bits per heavy atom. The van der Waals surface area contributed by atoms with E-state index in [9.17, 15) is 5.11 Å². The first-order valence-corrected chi connectivity index (χ1v) is 8.30. The number of pyridine rings is 1. The van der Waals surface area contributed by atoms with E-state index in [2.05, 4.69) is 52.8 Å². The first-order valence-electron chi connectivity index (χ1n) is 8.30. The number of aromatic nitrogens is 1. The fraction of sp³-hybridized carbons (Fsp3) is 0.190. The molecule has 1 aromatic heterocycles. The zero-order chi connectivity index (χ0) is 16.4. The minimum atomic E-state index is -0.357. The summed E-state index contributed by atoms with van der Waals surface area (Å²) in [6.07, 6.45) is 4.03. The molecule has 2 N–H and O–H groups in total. The van der Waals surface area contributed by atoms with E-state index >= 15 is 0 Å². The summed E-state index contributed by atoms with van der Waals surface area (Å²) in [5.41, 5.74) is 5.94. The smallest absolute Gasteiger partial charge is 0.0775 e. The molecule has 0 aliphatic heterocycles. The van der Waals surface area contributed by atoms with E-state index in [0.29, 0.717) is 0 Å². The highest BCUT2D eigenvalue weighted by atomic mass is 16.3. The van der Waals surface area contributed by atoms with Crippen molar-refractivity contribution in [1.29, 1.82) is 0 Å². The second kappa shape index (κ2) is 6.56. The highest BCUT2D eigenvalue weighted by Gasteiger charge is 2.29. The van der Waals surface area contributed by atoms with Crippen molar-refractivity contribution in [2.45, 2.75) is 25.1 Å². The lowest BCUT2D eigenvalue weighted by Crippen LogP contribution is -2.28. The SMILES string of the molecule is O[C@@H]1Cc2ccccc2[C@@H]1NCc1cccc(-c2cccnc2)c1. The maximum Gasteiger partial charge on any atom is 0.0775 e. The Balaban J connectivity index is 1.51. The van der Waals surface area contributed by atoms with Crippen LogP contribution in [0.2, 0.25) is 0 Å². The van der Waals surface area contributed by atoms with Crippen LogP contribution < -0.4 is 5.32 Å². The van der Waals surface area contributed by atoms with Crippen LogP contribution in [0.3, 0.4) is 0 Å². The molecular formula is C21H20N2O. The van der Waals surface area contributed by atoms with Gasteiger partial charge in [0.25, 0.3) is 0 Å². The van der Waals surface area contributed by atoms with Gasteiger partial charge in [0.15, 0.2) is 0 Å². The largest absolute Gasteiger partial charge is 0.391 e. The van der Waals surface area contributed by atoms with Gasteiger partial charge in [0.1, 0.15) is 0 Å². The van der Waals surface area contributed by atoms with E-state index in [0.717, 1.165) is 24.1 Å². The third-order valence-corrected chi connectivity index (χ3v) is 4.65. The summed E-state index contributed by atoms with van der Waals surface area (Å²) in [6, 6.07) is 20.7. The van der Waals surface area contributed by atoms with Crippen molar-refractivity contribution in [3.8, 4) is 11.1 Å². The van der Waals surface area contributed by atoms with Gasteiger partial charge in [-0.3, -0.25) is 4.98 Å². The van der Waals surface area contributed by atoms with Crippen LogP contribution in [0, 0.1) is 0 Å². The number of hydrogen-bond acceptors (Lipinski definition) is 3. The number of nitrogens with zero attached hydrogens (tertiary/aromatic N) is 1. The highest BCUT2D eigenvalue weighted by molar-refractivity contribution is 5.62. The third-order valence-electron chi connectivity index (χ3n) is 4.65. The number of nitrogens with one attached hydrogen (secondary N) is 1. The maximum atomic E-state index is 10.4.